The van der Waals surface area contributed by atoms with Gasteiger partial charge >= 0.3 is 6.03 Å². The summed E-state index contributed by atoms with van der Waals surface area (Å²) in [6, 6.07) is 5.70. The molecule has 0 bridgehead atoms. The Balaban J connectivity index is 2.45. The van der Waals surface area contributed by atoms with Crippen LogP contribution in [-0.2, 0) is 4.79 Å². The van der Waals surface area contributed by atoms with Crippen molar-refractivity contribution in [3.63, 3.8) is 0 Å². The SMILES string of the molecule is C=C(/C=C\C=C/C)C1(C(O)c2ccc(Cl)cc2)NC(=O)NC1=O. The lowest BCUT2D eigenvalue weighted by atomic mass is 9.81. The Hall–Kier alpha value is -2.37. The summed E-state index contributed by atoms with van der Waals surface area (Å²) in [5, 5.41) is 15.9. The summed E-state index contributed by atoms with van der Waals surface area (Å²) in [6.07, 6.45) is 5.50. The maximum Gasteiger partial charge on any atom is 0.322 e. The second-order valence-electron chi connectivity index (χ2n) is 5.08. The van der Waals surface area contributed by atoms with Crippen molar-refractivity contribution in [1.82, 2.24) is 10.6 Å². The molecule has 0 radical (unpaired) electrons. The minimum atomic E-state index is -1.66. The fourth-order valence-corrected chi connectivity index (χ4v) is 2.50. The van der Waals surface area contributed by atoms with Crippen LogP contribution in [0.1, 0.15) is 18.6 Å². The van der Waals surface area contributed by atoms with Crippen molar-refractivity contribution in [3.05, 3.63) is 71.3 Å². The highest BCUT2D eigenvalue weighted by molar-refractivity contribution is 6.30. The standard InChI is InChI=1S/C17H17ClN2O3/c1-3-4-5-6-11(2)17(15(22)19-16(23)20-17)14(21)12-7-9-13(18)10-8-12/h3-10,14,21H,2H2,1H3,(H2,19,20,22,23)/b4-3-,6-5-. The molecule has 120 valence electrons. The number of benzene rings is 1. The largest absolute Gasteiger partial charge is 0.385 e. The van der Waals surface area contributed by atoms with Gasteiger partial charge in [0.2, 0.25) is 0 Å². The summed E-state index contributed by atoms with van der Waals surface area (Å²) in [5.74, 6) is -0.653. The zero-order chi connectivity index (χ0) is 17.0. The van der Waals surface area contributed by atoms with Crippen LogP contribution in [0.3, 0.4) is 0 Å². The predicted molar refractivity (Wildman–Crippen MR) is 88.9 cm³/mol. The van der Waals surface area contributed by atoms with Gasteiger partial charge in [-0.05, 0) is 30.2 Å². The monoisotopic (exact) mass is 332 g/mol. The molecule has 1 aliphatic heterocycles. The third-order valence-corrected chi connectivity index (χ3v) is 3.85. The van der Waals surface area contributed by atoms with Crippen LogP contribution in [0.15, 0.2) is 60.7 Å². The van der Waals surface area contributed by atoms with E-state index in [4.69, 9.17) is 11.6 Å². The Bertz CT molecular complexity index is 694. The smallest absolute Gasteiger partial charge is 0.322 e. The third kappa shape index (κ3) is 3.21. The molecule has 1 heterocycles. The van der Waals surface area contributed by atoms with Crippen LogP contribution in [-0.4, -0.2) is 22.6 Å². The Kier molecular flexibility index (Phi) is 5.03. The van der Waals surface area contributed by atoms with Gasteiger partial charge < -0.3 is 10.4 Å². The fourth-order valence-electron chi connectivity index (χ4n) is 2.37. The number of aliphatic hydroxyl groups excluding tert-OH is 1. The maximum absolute atomic E-state index is 12.4. The Morgan fingerprint density at radius 3 is 2.48 bits per heavy atom. The van der Waals surface area contributed by atoms with Gasteiger partial charge in [0.05, 0.1) is 0 Å². The first-order valence-electron chi connectivity index (χ1n) is 6.97. The predicted octanol–water partition coefficient (Wildman–Crippen LogP) is 2.64. The van der Waals surface area contributed by atoms with Crippen molar-refractivity contribution in [1.29, 1.82) is 0 Å². The van der Waals surface area contributed by atoms with Crippen LogP contribution in [0.2, 0.25) is 5.02 Å². The number of nitrogens with one attached hydrogen (secondary N) is 2. The van der Waals surface area contributed by atoms with Gasteiger partial charge in [-0.1, -0.05) is 54.6 Å². The van der Waals surface area contributed by atoms with Crippen LogP contribution in [0, 0.1) is 0 Å². The maximum atomic E-state index is 12.4. The van der Waals surface area contributed by atoms with E-state index >= 15 is 0 Å². The number of allylic oxidation sites excluding steroid dienone is 3. The minimum Gasteiger partial charge on any atom is -0.385 e. The molecule has 2 atom stereocenters. The summed E-state index contributed by atoms with van der Waals surface area (Å²) in [6.45, 7) is 5.69. The highest BCUT2D eigenvalue weighted by Crippen LogP contribution is 2.35. The summed E-state index contributed by atoms with van der Waals surface area (Å²) in [7, 11) is 0. The molecule has 1 saturated heterocycles. The molecular weight excluding hydrogens is 316 g/mol. The van der Waals surface area contributed by atoms with E-state index < -0.39 is 23.6 Å². The van der Waals surface area contributed by atoms with Gasteiger partial charge in [-0.2, -0.15) is 0 Å². The molecule has 5 nitrogen and oxygen atoms in total. The molecule has 1 aromatic carbocycles. The summed E-state index contributed by atoms with van der Waals surface area (Å²) in [5.41, 5.74) is -0.961. The van der Waals surface area contributed by atoms with Gasteiger partial charge in [-0.3, -0.25) is 10.1 Å². The number of amides is 3. The number of urea groups is 1. The molecule has 3 N–H and O–H groups in total. The Labute approximate surface area is 139 Å². The molecule has 1 fully saturated rings. The number of rotatable bonds is 5. The number of carbonyl (C=O) groups is 2. The number of carbonyl (C=O) groups excluding carboxylic acids is 2. The van der Waals surface area contributed by atoms with Gasteiger partial charge in [0, 0.05) is 5.02 Å². The Morgan fingerprint density at radius 2 is 1.96 bits per heavy atom. The molecule has 0 aliphatic carbocycles. The highest BCUT2D eigenvalue weighted by Gasteiger charge is 2.53. The second kappa shape index (κ2) is 6.81. The molecule has 0 spiro atoms. The summed E-state index contributed by atoms with van der Waals surface area (Å²) < 4.78 is 0. The Morgan fingerprint density at radius 1 is 1.30 bits per heavy atom. The lowest BCUT2D eigenvalue weighted by Crippen LogP contribution is -2.53. The molecule has 1 aromatic rings. The lowest BCUT2D eigenvalue weighted by molar-refractivity contribution is -0.126. The number of hydrogen-bond acceptors (Lipinski definition) is 3. The molecule has 23 heavy (non-hydrogen) atoms. The van der Waals surface area contributed by atoms with E-state index in [-0.39, 0.29) is 5.57 Å². The van der Waals surface area contributed by atoms with Crippen LogP contribution >= 0.6 is 11.6 Å². The van der Waals surface area contributed by atoms with E-state index in [0.29, 0.717) is 10.6 Å². The van der Waals surface area contributed by atoms with Crippen molar-refractivity contribution in [3.8, 4) is 0 Å². The average molecular weight is 333 g/mol. The van der Waals surface area contributed by atoms with Crippen molar-refractivity contribution < 1.29 is 14.7 Å². The summed E-state index contributed by atoms with van der Waals surface area (Å²) in [4.78, 5) is 24.0. The van der Waals surface area contributed by atoms with Crippen molar-refractivity contribution in [2.75, 3.05) is 0 Å². The van der Waals surface area contributed by atoms with E-state index in [9.17, 15) is 14.7 Å². The zero-order valence-corrected chi connectivity index (χ0v) is 13.3. The first kappa shape index (κ1) is 17.0. The van der Waals surface area contributed by atoms with Crippen molar-refractivity contribution in [2.45, 2.75) is 18.6 Å². The number of halogens is 1. The van der Waals surface area contributed by atoms with Crippen LogP contribution in [0.5, 0.6) is 0 Å². The number of aliphatic hydroxyl groups is 1. The topological polar surface area (TPSA) is 78.4 Å². The van der Waals surface area contributed by atoms with E-state index in [1.54, 1.807) is 48.6 Å². The van der Waals surface area contributed by atoms with E-state index in [0.717, 1.165) is 0 Å². The first-order chi connectivity index (χ1) is 10.9. The molecule has 3 amide bonds. The molecule has 0 saturated carbocycles. The van der Waals surface area contributed by atoms with E-state index in [1.807, 2.05) is 6.92 Å². The zero-order valence-electron chi connectivity index (χ0n) is 12.5. The summed E-state index contributed by atoms with van der Waals surface area (Å²) >= 11 is 5.84. The molecular formula is C17H17ClN2O3. The third-order valence-electron chi connectivity index (χ3n) is 3.60. The average Bonchev–Trinajstić information content (AvgIpc) is 2.83. The second-order valence-corrected chi connectivity index (χ2v) is 5.52. The molecule has 2 unspecified atom stereocenters. The lowest BCUT2D eigenvalue weighted by Gasteiger charge is -2.32. The minimum absolute atomic E-state index is 0.265. The van der Waals surface area contributed by atoms with E-state index in [2.05, 4.69) is 17.2 Å². The van der Waals surface area contributed by atoms with Gasteiger partial charge in [-0.25, -0.2) is 4.79 Å². The quantitative estimate of drug-likeness (QED) is 0.573. The van der Waals surface area contributed by atoms with Gasteiger partial charge in [0.25, 0.3) is 5.91 Å². The fraction of sp³-hybridized carbons (Fsp3) is 0.176. The van der Waals surface area contributed by atoms with E-state index in [1.165, 1.54) is 0 Å². The van der Waals surface area contributed by atoms with Gasteiger partial charge in [0.15, 0.2) is 5.54 Å². The molecule has 0 aromatic heterocycles. The molecule has 1 aliphatic rings. The first-order valence-corrected chi connectivity index (χ1v) is 7.35. The number of imide groups is 1. The van der Waals surface area contributed by atoms with Gasteiger partial charge in [0.1, 0.15) is 6.10 Å². The van der Waals surface area contributed by atoms with Gasteiger partial charge in [-0.15, -0.1) is 0 Å². The number of hydrogen-bond donors (Lipinski definition) is 3. The normalized spacial score (nSPS) is 22.4. The van der Waals surface area contributed by atoms with Crippen LogP contribution in [0.4, 0.5) is 4.79 Å². The highest BCUT2D eigenvalue weighted by atomic mass is 35.5. The van der Waals surface area contributed by atoms with Crippen molar-refractivity contribution >= 4 is 23.5 Å². The molecule has 6 heteroatoms. The van der Waals surface area contributed by atoms with Crippen molar-refractivity contribution in [2.24, 2.45) is 0 Å². The molecule has 2 rings (SSSR count). The van der Waals surface area contributed by atoms with Crippen LogP contribution < -0.4 is 10.6 Å². The van der Waals surface area contributed by atoms with Crippen LogP contribution in [0.25, 0.3) is 0 Å².